The standard InChI is InChI=1S/C60H34N6/c1-62-49-35-56(38(36-61)33-57(49)65-53-26-14-10-22-47(53)58-41-18-6-5-15-37(41)27-31-55(58)65)66-54-32-28-40(63-50-23-11-7-19-42(50)43-20-8-12-24-51(43)63)34-48(54)46-30-29-45-44-21-9-13-25-52(44)64(59(45)60(46)66)39-16-3-2-4-17-39/h2-35H. The van der Waals surface area contributed by atoms with Gasteiger partial charge < -0.3 is 18.3 Å². The predicted octanol–water partition coefficient (Wildman–Crippen LogP) is 15.7. The minimum Gasteiger partial charge on any atom is -0.319 e. The third-order valence-electron chi connectivity index (χ3n) is 13.8. The van der Waals surface area contributed by atoms with Crippen LogP contribution >= 0.6 is 0 Å². The van der Waals surface area contributed by atoms with Gasteiger partial charge >= 0.3 is 0 Å². The van der Waals surface area contributed by atoms with Crippen molar-refractivity contribution >= 4 is 104 Å². The third-order valence-corrected chi connectivity index (χ3v) is 13.8. The Hall–Kier alpha value is -9.36. The average Bonchev–Trinajstić information content (AvgIpc) is 4.11. The molecule has 0 unspecified atom stereocenters. The molecule has 0 radical (unpaired) electrons. The molecule has 0 amide bonds. The Bertz CT molecular complexity index is 4430. The van der Waals surface area contributed by atoms with E-state index in [9.17, 15) is 5.26 Å². The van der Waals surface area contributed by atoms with E-state index in [1.165, 1.54) is 10.8 Å². The van der Waals surface area contributed by atoms with Crippen LogP contribution in [0.25, 0.3) is 126 Å². The summed E-state index contributed by atoms with van der Waals surface area (Å²) in [5, 5.41) is 22.6. The molecule has 0 saturated heterocycles. The number of hydrogen-bond acceptors (Lipinski definition) is 1. The molecule has 0 aliphatic rings. The Morgan fingerprint density at radius 2 is 0.894 bits per heavy atom. The second kappa shape index (κ2) is 13.6. The summed E-state index contributed by atoms with van der Waals surface area (Å²) in [5.74, 6) is 0. The molecule has 0 fully saturated rings. The first-order valence-electron chi connectivity index (χ1n) is 22.1. The molecule has 14 rings (SSSR count). The van der Waals surface area contributed by atoms with E-state index in [2.05, 4.69) is 211 Å². The van der Waals surface area contributed by atoms with E-state index < -0.39 is 0 Å². The van der Waals surface area contributed by atoms with Gasteiger partial charge in [-0.2, -0.15) is 5.26 Å². The maximum absolute atomic E-state index is 11.4. The van der Waals surface area contributed by atoms with Crippen molar-refractivity contribution in [1.82, 2.24) is 18.3 Å². The molecule has 6 heteroatoms. The number of rotatable bonds is 4. The summed E-state index contributed by atoms with van der Waals surface area (Å²) in [4.78, 5) is 4.27. The van der Waals surface area contributed by atoms with E-state index in [-0.39, 0.29) is 0 Å². The van der Waals surface area contributed by atoms with Gasteiger partial charge in [0.1, 0.15) is 6.07 Å². The van der Waals surface area contributed by atoms with E-state index in [0.717, 1.165) is 98.6 Å². The van der Waals surface area contributed by atoms with Crippen LogP contribution in [0.15, 0.2) is 206 Å². The van der Waals surface area contributed by atoms with E-state index in [1.54, 1.807) is 0 Å². The number of fused-ring (bicyclic) bond motifs is 15. The van der Waals surface area contributed by atoms with Crippen LogP contribution in [0.3, 0.4) is 0 Å². The molecule has 66 heavy (non-hydrogen) atoms. The van der Waals surface area contributed by atoms with Gasteiger partial charge in [-0.1, -0.05) is 133 Å². The molecule has 4 heterocycles. The monoisotopic (exact) mass is 838 g/mol. The van der Waals surface area contributed by atoms with Gasteiger partial charge in [-0.15, -0.1) is 0 Å². The molecule has 0 spiro atoms. The summed E-state index contributed by atoms with van der Waals surface area (Å²) in [7, 11) is 0. The quantitative estimate of drug-likeness (QED) is 0.163. The van der Waals surface area contributed by atoms with Gasteiger partial charge in [0.25, 0.3) is 0 Å². The van der Waals surface area contributed by atoms with Crippen molar-refractivity contribution in [2.45, 2.75) is 0 Å². The first-order valence-corrected chi connectivity index (χ1v) is 22.1. The van der Waals surface area contributed by atoms with Crippen molar-refractivity contribution in [2.24, 2.45) is 0 Å². The van der Waals surface area contributed by atoms with Gasteiger partial charge in [0.2, 0.25) is 5.69 Å². The zero-order valence-corrected chi connectivity index (χ0v) is 35.3. The van der Waals surface area contributed by atoms with Crippen LogP contribution < -0.4 is 0 Å². The van der Waals surface area contributed by atoms with Gasteiger partial charge in [0, 0.05) is 54.5 Å². The molecular weight excluding hydrogens is 805 g/mol. The molecule has 10 aromatic carbocycles. The first-order chi connectivity index (χ1) is 32.7. The lowest BCUT2D eigenvalue weighted by atomic mass is 10.0. The first kappa shape index (κ1) is 36.2. The molecule has 14 aromatic rings. The van der Waals surface area contributed by atoms with E-state index in [4.69, 9.17) is 6.57 Å². The van der Waals surface area contributed by atoms with E-state index in [0.29, 0.717) is 22.6 Å². The predicted molar refractivity (Wildman–Crippen MR) is 272 cm³/mol. The summed E-state index contributed by atoms with van der Waals surface area (Å²) in [6.07, 6.45) is 0. The fourth-order valence-corrected chi connectivity index (χ4v) is 11.1. The number of hydrogen-bond donors (Lipinski definition) is 0. The third kappa shape index (κ3) is 4.82. The molecule has 0 aliphatic heterocycles. The maximum atomic E-state index is 11.4. The number of aromatic nitrogens is 4. The molecule has 0 saturated carbocycles. The Morgan fingerprint density at radius 3 is 1.58 bits per heavy atom. The van der Waals surface area contributed by atoms with Crippen molar-refractivity contribution in [3.8, 4) is 28.8 Å². The van der Waals surface area contributed by atoms with E-state index >= 15 is 0 Å². The summed E-state index contributed by atoms with van der Waals surface area (Å²) in [6.45, 7) is 8.81. The van der Waals surface area contributed by atoms with Crippen LogP contribution in [0.5, 0.6) is 0 Å². The highest BCUT2D eigenvalue weighted by molar-refractivity contribution is 6.25. The number of nitrogens with zero attached hydrogens (tertiary/aromatic N) is 6. The van der Waals surface area contributed by atoms with Gasteiger partial charge in [-0.05, 0) is 83.6 Å². The number of nitriles is 1. The minimum atomic E-state index is 0.451. The van der Waals surface area contributed by atoms with Gasteiger partial charge in [0.15, 0.2) is 0 Å². The summed E-state index contributed by atoms with van der Waals surface area (Å²) in [6, 6.07) is 75.1. The van der Waals surface area contributed by atoms with Gasteiger partial charge in [0.05, 0.1) is 67.6 Å². The second-order valence-electron chi connectivity index (χ2n) is 17.1. The minimum absolute atomic E-state index is 0.451. The van der Waals surface area contributed by atoms with Crippen LogP contribution in [0.2, 0.25) is 0 Å². The lowest BCUT2D eigenvalue weighted by molar-refractivity contribution is 1.13. The van der Waals surface area contributed by atoms with E-state index in [1.807, 2.05) is 24.3 Å². The molecule has 4 aromatic heterocycles. The van der Waals surface area contributed by atoms with Crippen molar-refractivity contribution in [1.29, 1.82) is 5.26 Å². The molecule has 0 aliphatic carbocycles. The average molecular weight is 839 g/mol. The summed E-state index contributed by atoms with van der Waals surface area (Å²) in [5.41, 5.74) is 12.6. The van der Waals surface area contributed by atoms with Crippen LogP contribution in [-0.2, 0) is 0 Å². The van der Waals surface area contributed by atoms with Crippen molar-refractivity contribution < 1.29 is 0 Å². The van der Waals surface area contributed by atoms with Crippen LogP contribution in [0.4, 0.5) is 5.69 Å². The van der Waals surface area contributed by atoms with Crippen molar-refractivity contribution in [3.63, 3.8) is 0 Å². The van der Waals surface area contributed by atoms with Crippen molar-refractivity contribution in [3.05, 3.63) is 223 Å². The zero-order valence-electron chi connectivity index (χ0n) is 35.3. The Morgan fingerprint density at radius 1 is 0.364 bits per heavy atom. The normalized spacial score (nSPS) is 11.9. The maximum Gasteiger partial charge on any atom is 0.212 e. The fourth-order valence-electron chi connectivity index (χ4n) is 11.1. The smallest absolute Gasteiger partial charge is 0.212 e. The summed E-state index contributed by atoms with van der Waals surface area (Å²) < 4.78 is 9.13. The van der Waals surface area contributed by atoms with Crippen LogP contribution in [-0.4, -0.2) is 18.3 Å². The van der Waals surface area contributed by atoms with Crippen molar-refractivity contribution in [2.75, 3.05) is 0 Å². The highest BCUT2D eigenvalue weighted by Crippen LogP contribution is 2.46. The molecule has 0 atom stereocenters. The SMILES string of the molecule is [C-]#[N+]c1cc(-n2c3ccc(-n4c5ccccc5c5ccccc54)cc3c3ccc4c5ccccc5n(-c5ccccc5)c4c32)c(C#N)cc1-n1c2ccccc2c2c3ccccc3ccc21. The van der Waals surface area contributed by atoms with Gasteiger partial charge in [-0.3, -0.25) is 0 Å². The Balaban J connectivity index is 1.12. The lowest BCUT2D eigenvalue weighted by Crippen LogP contribution is -2.03. The largest absolute Gasteiger partial charge is 0.319 e. The van der Waals surface area contributed by atoms with Crippen LogP contribution in [0, 0.1) is 17.9 Å². The lowest BCUT2D eigenvalue weighted by Gasteiger charge is -2.17. The highest BCUT2D eigenvalue weighted by Gasteiger charge is 2.26. The second-order valence-corrected chi connectivity index (χ2v) is 17.1. The molecule has 304 valence electrons. The topological polar surface area (TPSA) is 47.9 Å². The fraction of sp³-hybridized carbons (Fsp3) is 0. The van der Waals surface area contributed by atoms with Crippen LogP contribution in [0.1, 0.15) is 5.56 Å². The number of para-hydroxylation sites is 5. The zero-order chi connectivity index (χ0) is 43.6. The van der Waals surface area contributed by atoms with Gasteiger partial charge in [-0.25, -0.2) is 4.85 Å². The molecule has 0 N–H and O–H groups in total. The molecular formula is C60H34N6. The molecule has 0 bridgehead atoms. The summed E-state index contributed by atoms with van der Waals surface area (Å²) >= 11 is 0. The Kier molecular flexibility index (Phi) is 7.43. The number of benzene rings is 10. The highest BCUT2D eigenvalue weighted by atomic mass is 15.1. The Labute approximate surface area is 377 Å². The molecule has 6 nitrogen and oxygen atoms in total.